The van der Waals surface area contributed by atoms with Crippen LogP contribution in [0.4, 0.5) is 0 Å². The van der Waals surface area contributed by atoms with Crippen molar-refractivity contribution in [2.24, 2.45) is 0 Å². The van der Waals surface area contributed by atoms with Gasteiger partial charge in [-0.25, -0.2) is 0 Å². The number of aliphatic hydroxyl groups is 1. The summed E-state index contributed by atoms with van der Waals surface area (Å²) < 4.78 is 7.22. The van der Waals surface area contributed by atoms with Gasteiger partial charge in [-0.3, -0.25) is 0 Å². The smallest absolute Gasteiger partial charge is 0.148 e. The zero-order valence-electron chi connectivity index (χ0n) is 8.34. The van der Waals surface area contributed by atoms with Crippen LogP contribution in [0.2, 0.25) is 0 Å². The van der Waals surface area contributed by atoms with Crippen molar-refractivity contribution < 1.29 is 9.84 Å². The minimum absolute atomic E-state index is 0.0202. The second kappa shape index (κ2) is 6.30. The van der Waals surface area contributed by atoms with E-state index in [1.54, 1.807) is 0 Å². The van der Waals surface area contributed by atoms with E-state index in [0.29, 0.717) is 6.61 Å². The Labute approximate surface area is 106 Å². The van der Waals surface area contributed by atoms with Crippen LogP contribution < -0.4 is 4.74 Å². The first kappa shape index (κ1) is 12.7. The average Bonchev–Trinajstić information content (AvgIpc) is 2.22. The summed E-state index contributed by atoms with van der Waals surface area (Å²) in [6.45, 7) is 2.50. The van der Waals surface area contributed by atoms with Crippen LogP contribution in [0.5, 0.6) is 5.75 Å². The lowest BCUT2D eigenvalue weighted by molar-refractivity contribution is 0.281. The molecule has 2 nitrogen and oxygen atoms in total. The highest BCUT2D eigenvalue weighted by molar-refractivity contribution is 9.11. The van der Waals surface area contributed by atoms with Crippen molar-refractivity contribution >= 4 is 31.9 Å². The van der Waals surface area contributed by atoms with Crippen LogP contribution in [0.25, 0.3) is 0 Å². The lowest BCUT2D eigenvalue weighted by Crippen LogP contribution is -1.96. The first-order valence-electron chi connectivity index (χ1n) is 4.51. The van der Waals surface area contributed by atoms with Crippen molar-refractivity contribution in [3.05, 3.63) is 38.8 Å². The standard InChI is InChI=1S/C11H12Br2O2/c1-2-3-4-15-11-9(12)5-8(7-14)6-10(11)13/h2-3,5-6,14H,4,7H2,1H3/b3-2+. The Hall–Kier alpha value is -0.320. The number of ether oxygens (including phenoxy) is 1. The van der Waals surface area contributed by atoms with Crippen LogP contribution in [-0.2, 0) is 6.61 Å². The van der Waals surface area contributed by atoms with E-state index in [9.17, 15) is 0 Å². The van der Waals surface area contributed by atoms with Gasteiger partial charge < -0.3 is 9.84 Å². The van der Waals surface area contributed by atoms with E-state index in [4.69, 9.17) is 9.84 Å². The van der Waals surface area contributed by atoms with Crippen LogP contribution in [0, 0.1) is 0 Å². The molecule has 1 N–H and O–H groups in total. The zero-order chi connectivity index (χ0) is 11.3. The number of aliphatic hydroxyl groups excluding tert-OH is 1. The summed E-state index contributed by atoms with van der Waals surface area (Å²) in [5.41, 5.74) is 0.840. The molecule has 0 aliphatic carbocycles. The molecule has 0 fully saturated rings. The lowest BCUT2D eigenvalue weighted by Gasteiger charge is -2.09. The maximum absolute atomic E-state index is 9.00. The first-order valence-corrected chi connectivity index (χ1v) is 6.10. The molecule has 0 aliphatic rings. The van der Waals surface area contributed by atoms with Crippen molar-refractivity contribution in [1.82, 2.24) is 0 Å². The Morgan fingerprint density at radius 3 is 2.40 bits per heavy atom. The van der Waals surface area contributed by atoms with Gasteiger partial charge in [-0.15, -0.1) is 0 Å². The highest BCUT2D eigenvalue weighted by Gasteiger charge is 2.07. The third-order valence-electron chi connectivity index (χ3n) is 1.80. The van der Waals surface area contributed by atoms with Crippen molar-refractivity contribution in [3.63, 3.8) is 0 Å². The minimum Gasteiger partial charge on any atom is -0.487 e. The number of benzene rings is 1. The van der Waals surface area contributed by atoms with E-state index >= 15 is 0 Å². The predicted molar refractivity (Wildman–Crippen MR) is 68.1 cm³/mol. The molecule has 0 unspecified atom stereocenters. The average molecular weight is 336 g/mol. The molecule has 0 spiro atoms. The highest BCUT2D eigenvalue weighted by atomic mass is 79.9. The minimum atomic E-state index is 0.0202. The van der Waals surface area contributed by atoms with Gasteiger partial charge in [0.05, 0.1) is 15.6 Å². The molecule has 1 aromatic carbocycles. The summed E-state index contributed by atoms with van der Waals surface area (Å²) in [4.78, 5) is 0. The second-order valence-electron chi connectivity index (χ2n) is 2.93. The lowest BCUT2D eigenvalue weighted by atomic mass is 10.2. The monoisotopic (exact) mass is 334 g/mol. The zero-order valence-corrected chi connectivity index (χ0v) is 11.5. The molecule has 15 heavy (non-hydrogen) atoms. The molecular formula is C11H12Br2O2. The van der Waals surface area contributed by atoms with Crippen LogP contribution >= 0.6 is 31.9 Å². The Balaban J connectivity index is 2.88. The van der Waals surface area contributed by atoms with E-state index in [1.165, 1.54) is 0 Å². The number of hydrogen-bond donors (Lipinski definition) is 1. The molecule has 0 atom stereocenters. The first-order chi connectivity index (χ1) is 7.19. The molecule has 82 valence electrons. The maximum Gasteiger partial charge on any atom is 0.148 e. The molecule has 0 aromatic heterocycles. The largest absolute Gasteiger partial charge is 0.487 e. The van der Waals surface area contributed by atoms with Gasteiger partial charge >= 0.3 is 0 Å². The Bertz CT molecular complexity index is 339. The van der Waals surface area contributed by atoms with Crippen molar-refractivity contribution in [2.45, 2.75) is 13.5 Å². The molecule has 0 saturated carbocycles. The molecule has 0 heterocycles. The van der Waals surface area contributed by atoms with Gasteiger partial charge in [-0.05, 0) is 56.5 Å². The number of hydrogen-bond acceptors (Lipinski definition) is 2. The van der Waals surface area contributed by atoms with E-state index < -0.39 is 0 Å². The Morgan fingerprint density at radius 2 is 1.93 bits per heavy atom. The number of allylic oxidation sites excluding steroid dienone is 1. The van der Waals surface area contributed by atoms with Gasteiger partial charge in [0.2, 0.25) is 0 Å². The van der Waals surface area contributed by atoms with E-state index in [1.807, 2.05) is 31.2 Å². The topological polar surface area (TPSA) is 29.5 Å². The highest BCUT2D eigenvalue weighted by Crippen LogP contribution is 2.34. The van der Waals surface area contributed by atoms with Gasteiger partial charge in [-0.1, -0.05) is 12.2 Å². The van der Waals surface area contributed by atoms with Crippen LogP contribution in [-0.4, -0.2) is 11.7 Å². The molecule has 0 aliphatic heterocycles. The molecule has 4 heteroatoms. The van der Waals surface area contributed by atoms with E-state index in [2.05, 4.69) is 31.9 Å². The predicted octanol–water partition coefficient (Wildman–Crippen LogP) is 3.66. The Kier molecular flexibility index (Phi) is 5.36. The number of rotatable bonds is 4. The maximum atomic E-state index is 9.00. The van der Waals surface area contributed by atoms with E-state index in [-0.39, 0.29) is 6.61 Å². The Morgan fingerprint density at radius 1 is 1.33 bits per heavy atom. The summed E-state index contributed by atoms with van der Waals surface area (Å²) in [7, 11) is 0. The molecule has 0 amide bonds. The molecule has 0 radical (unpaired) electrons. The summed E-state index contributed by atoms with van der Waals surface area (Å²) in [6.07, 6.45) is 3.86. The van der Waals surface area contributed by atoms with Gasteiger partial charge in [0, 0.05) is 0 Å². The fourth-order valence-corrected chi connectivity index (χ4v) is 2.58. The molecule has 0 saturated heterocycles. The summed E-state index contributed by atoms with van der Waals surface area (Å²) >= 11 is 6.80. The van der Waals surface area contributed by atoms with E-state index in [0.717, 1.165) is 20.3 Å². The SMILES string of the molecule is C/C=C/COc1c(Br)cc(CO)cc1Br. The number of halogens is 2. The fraction of sp³-hybridized carbons (Fsp3) is 0.273. The fourth-order valence-electron chi connectivity index (χ4n) is 1.07. The molecular weight excluding hydrogens is 324 g/mol. The van der Waals surface area contributed by atoms with Crippen LogP contribution in [0.1, 0.15) is 12.5 Å². The third-order valence-corrected chi connectivity index (χ3v) is 2.98. The molecule has 0 bridgehead atoms. The van der Waals surface area contributed by atoms with Gasteiger partial charge in [0.15, 0.2) is 0 Å². The van der Waals surface area contributed by atoms with Crippen LogP contribution in [0.15, 0.2) is 33.2 Å². The van der Waals surface area contributed by atoms with Gasteiger partial charge in [0.25, 0.3) is 0 Å². The quantitative estimate of drug-likeness (QED) is 0.851. The van der Waals surface area contributed by atoms with Crippen molar-refractivity contribution in [3.8, 4) is 5.75 Å². The van der Waals surface area contributed by atoms with Crippen LogP contribution in [0.3, 0.4) is 0 Å². The summed E-state index contributed by atoms with van der Waals surface area (Å²) in [5, 5.41) is 9.00. The normalized spacial score (nSPS) is 10.9. The summed E-state index contributed by atoms with van der Waals surface area (Å²) in [6, 6.07) is 3.69. The van der Waals surface area contributed by atoms with Gasteiger partial charge in [0.1, 0.15) is 12.4 Å². The second-order valence-corrected chi connectivity index (χ2v) is 4.64. The third kappa shape index (κ3) is 3.63. The molecule has 1 aromatic rings. The van der Waals surface area contributed by atoms with Crippen molar-refractivity contribution in [2.75, 3.05) is 6.61 Å². The molecule has 1 rings (SSSR count). The summed E-state index contributed by atoms with van der Waals surface area (Å²) in [5.74, 6) is 0.755. The van der Waals surface area contributed by atoms with Gasteiger partial charge in [-0.2, -0.15) is 0 Å². The van der Waals surface area contributed by atoms with Crippen molar-refractivity contribution in [1.29, 1.82) is 0 Å².